The van der Waals surface area contributed by atoms with Gasteiger partial charge in [0.1, 0.15) is 6.10 Å². The summed E-state index contributed by atoms with van der Waals surface area (Å²) in [6.07, 6.45) is 2.94. The maximum Gasteiger partial charge on any atom is 0.233 e. The van der Waals surface area contributed by atoms with Gasteiger partial charge < -0.3 is 9.64 Å². The van der Waals surface area contributed by atoms with E-state index in [1.165, 1.54) is 0 Å². The maximum atomic E-state index is 12.2. The van der Waals surface area contributed by atoms with Gasteiger partial charge in [-0.25, -0.2) is 0 Å². The molecule has 104 valence electrons. The number of aromatic nitrogens is 2. The summed E-state index contributed by atoms with van der Waals surface area (Å²) in [5.41, 5.74) is 0. The third-order valence-corrected chi connectivity index (χ3v) is 4.11. The van der Waals surface area contributed by atoms with Crippen molar-refractivity contribution in [3.05, 3.63) is 40.7 Å². The van der Waals surface area contributed by atoms with Crippen LogP contribution in [0.2, 0.25) is 0 Å². The fraction of sp³-hybridized carbons (Fsp3) is 0.357. The van der Waals surface area contributed by atoms with E-state index in [0.717, 1.165) is 17.8 Å². The van der Waals surface area contributed by atoms with Gasteiger partial charge in [-0.1, -0.05) is 6.07 Å². The molecule has 1 fully saturated rings. The maximum absolute atomic E-state index is 12.2. The molecule has 3 rings (SSSR count). The molecular weight excluding hydrogens is 274 g/mol. The molecule has 2 aromatic heterocycles. The number of nitrogens with zero attached hydrogens (tertiary/aromatic N) is 3. The number of rotatable bonds is 4. The van der Waals surface area contributed by atoms with Gasteiger partial charge in [-0.15, -0.1) is 16.4 Å². The Kier molecular flexibility index (Phi) is 3.92. The monoisotopic (exact) mass is 289 g/mol. The molecule has 0 spiro atoms. The number of hydrogen-bond acceptors (Lipinski definition) is 5. The van der Waals surface area contributed by atoms with Crippen LogP contribution in [0.1, 0.15) is 11.3 Å². The van der Waals surface area contributed by atoms with Crippen molar-refractivity contribution in [3.63, 3.8) is 0 Å². The number of carbonyl (C=O) groups excluding carboxylic acids is 1. The van der Waals surface area contributed by atoms with Crippen LogP contribution in [0.25, 0.3) is 0 Å². The van der Waals surface area contributed by atoms with Gasteiger partial charge in [-0.3, -0.25) is 4.79 Å². The lowest BCUT2D eigenvalue weighted by Gasteiger charge is -2.16. The molecule has 1 atom stereocenters. The van der Waals surface area contributed by atoms with E-state index in [9.17, 15) is 4.79 Å². The Bertz CT molecular complexity index is 559. The van der Waals surface area contributed by atoms with Gasteiger partial charge in [0.05, 0.1) is 13.0 Å². The highest BCUT2D eigenvalue weighted by Gasteiger charge is 2.27. The molecule has 1 saturated heterocycles. The average molecular weight is 289 g/mol. The Morgan fingerprint density at radius 1 is 1.45 bits per heavy atom. The first-order valence-electron chi connectivity index (χ1n) is 6.56. The van der Waals surface area contributed by atoms with Crippen LogP contribution in [-0.4, -0.2) is 40.2 Å². The van der Waals surface area contributed by atoms with Gasteiger partial charge in [0.25, 0.3) is 0 Å². The summed E-state index contributed by atoms with van der Waals surface area (Å²) in [5, 5.41) is 9.67. The van der Waals surface area contributed by atoms with Crippen molar-refractivity contribution in [1.82, 2.24) is 15.1 Å². The van der Waals surface area contributed by atoms with Crippen LogP contribution >= 0.6 is 11.3 Å². The summed E-state index contributed by atoms with van der Waals surface area (Å²) >= 11 is 1.62. The number of ether oxygens (including phenoxy) is 1. The largest absolute Gasteiger partial charge is 0.471 e. The lowest BCUT2D eigenvalue weighted by molar-refractivity contribution is -0.129. The minimum Gasteiger partial charge on any atom is -0.471 e. The topological polar surface area (TPSA) is 55.3 Å². The molecule has 5 nitrogen and oxygen atoms in total. The molecule has 1 aliphatic heterocycles. The van der Waals surface area contributed by atoms with E-state index in [1.54, 1.807) is 29.7 Å². The second-order valence-corrected chi connectivity index (χ2v) is 5.72. The molecule has 0 bridgehead atoms. The zero-order chi connectivity index (χ0) is 13.8. The summed E-state index contributed by atoms with van der Waals surface area (Å²) in [6, 6.07) is 7.53. The number of thiophene rings is 1. The lowest BCUT2D eigenvalue weighted by Crippen LogP contribution is -2.32. The zero-order valence-electron chi connectivity index (χ0n) is 10.9. The van der Waals surface area contributed by atoms with Crippen LogP contribution < -0.4 is 4.74 Å². The van der Waals surface area contributed by atoms with E-state index < -0.39 is 0 Å². The van der Waals surface area contributed by atoms with Crippen molar-refractivity contribution in [1.29, 1.82) is 0 Å². The van der Waals surface area contributed by atoms with Gasteiger partial charge in [0, 0.05) is 30.1 Å². The van der Waals surface area contributed by atoms with Crippen molar-refractivity contribution in [3.8, 4) is 5.88 Å². The third kappa shape index (κ3) is 3.14. The highest BCUT2D eigenvalue weighted by molar-refractivity contribution is 7.10. The van der Waals surface area contributed by atoms with Crippen LogP contribution in [0.3, 0.4) is 0 Å². The van der Waals surface area contributed by atoms with E-state index >= 15 is 0 Å². The summed E-state index contributed by atoms with van der Waals surface area (Å²) in [5.74, 6) is 0.683. The Morgan fingerprint density at radius 3 is 3.15 bits per heavy atom. The summed E-state index contributed by atoms with van der Waals surface area (Å²) in [4.78, 5) is 15.1. The van der Waals surface area contributed by atoms with Crippen molar-refractivity contribution in [2.75, 3.05) is 13.1 Å². The molecule has 0 saturated carbocycles. The van der Waals surface area contributed by atoms with Gasteiger partial charge in [0.2, 0.25) is 11.8 Å². The predicted octanol–water partition coefficient (Wildman–Crippen LogP) is 1.76. The summed E-state index contributed by atoms with van der Waals surface area (Å²) in [7, 11) is 0. The molecule has 0 N–H and O–H groups in total. The van der Waals surface area contributed by atoms with Crippen molar-refractivity contribution >= 4 is 17.2 Å². The fourth-order valence-electron chi connectivity index (χ4n) is 2.25. The van der Waals surface area contributed by atoms with Crippen molar-refractivity contribution < 1.29 is 9.53 Å². The standard InChI is InChI=1S/C14H15N3O2S/c18-14(9-12-3-2-8-20-12)17-7-5-11(10-17)19-13-4-1-6-15-16-13/h1-4,6,8,11H,5,7,9-10H2/t11-/m1/s1. The van der Waals surface area contributed by atoms with Crippen LogP contribution in [0, 0.1) is 0 Å². The Balaban J connectivity index is 1.53. The molecule has 1 aliphatic rings. The predicted molar refractivity (Wildman–Crippen MR) is 75.7 cm³/mol. The number of amides is 1. The summed E-state index contributed by atoms with van der Waals surface area (Å²) in [6.45, 7) is 1.37. The van der Waals surface area contributed by atoms with E-state index in [4.69, 9.17) is 4.74 Å². The normalized spacial score (nSPS) is 18.2. The average Bonchev–Trinajstić information content (AvgIpc) is 3.11. The molecule has 3 heterocycles. The SMILES string of the molecule is O=C(Cc1cccs1)N1CC[C@@H](Oc2cccnn2)C1. The van der Waals surface area contributed by atoms with Gasteiger partial charge >= 0.3 is 0 Å². The van der Waals surface area contributed by atoms with E-state index in [2.05, 4.69) is 10.2 Å². The third-order valence-electron chi connectivity index (χ3n) is 3.24. The summed E-state index contributed by atoms with van der Waals surface area (Å²) < 4.78 is 5.73. The Morgan fingerprint density at radius 2 is 2.40 bits per heavy atom. The Labute approximate surface area is 121 Å². The molecule has 1 amide bonds. The molecule has 20 heavy (non-hydrogen) atoms. The molecule has 0 unspecified atom stereocenters. The van der Waals surface area contributed by atoms with Crippen LogP contribution in [0.4, 0.5) is 0 Å². The highest BCUT2D eigenvalue weighted by Crippen LogP contribution is 2.18. The van der Waals surface area contributed by atoms with Gasteiger partial charge in [-0.2, -0.15) is 5.10 Å². The van der Waals surface area contributed by atoms with Crippen molar-refractivity contribution in [2.45, 2.75) is 18.9 Å². The van der Waals surface area contributed by atoms with Crippen LogP contribution in [0.5, 0.6) is 5.88 Å². The first-order valence-corrected chi connectivity index (χ1v) is 7.44. The first kappa shape index (κ1) is 13.1. The quantitative estimate of drug-likeness (QED) is 0.860. The van der Waals surface area contributed by atoms with Gasteiger partial charge in [-0.05, 0) is 17.5 Å². The van der Waals surface area contributed by atoms with Crippen LogP contribution in [-0.2, 0) is 11.2 Å². The van der Waals surface area contributed by atoms with Gasteiger partial charge in [0.15, 0.2) is 0 Å². The zero-order valence-corrected chi connectivity index (χ0v) is 11.8. The minimum absolute atomic E-state index is 0.0129. The number of carbonyl (C=O) groups is 1. The first-order chi connectivity index (χ1) is 9.81. The Hall–Kier alpha value is -1.95. The number of likely N-dealkylation sites (tertiary alicyclic amines) is 1. The van der Waals surface area contributed by atoms with E-state index in [-0.39, 0.29) is 12.0 Å². The molecule has 0 radical (unpaired) electrons. The second-order valence-electron chi connectivity index (χ2n) is 4.69. The second kappa shape index (κ2) is 6.00. The minimum atomic E-state index is 0.0129. The van der Waals surface area contributed by atoms with E-state index in [1.807, 2.05) is 22.4 Å². The highest BCUT2D eigenvalue weighted by atomic mass is 32.1. The molecule has 0 aliphatic carbocycles. The van der Waals surface area contributed by atoms with E-state index in [0.29, 0.717) is 18.8 Å². The fourth-order valence-corrected chi connectivity index (χ4v) is 2.94. The molecule has 0 aromatic carbocycles. The molecule has 6 heteroatoms. The molecular formula is C14H15N3O2S. The lowest BCUT2D eigenvalue weighted by atomic mass is 10.3. The molecule has 2 aromatic rings. The number of hydrogen-bond donors (Lipinski definition) is 0. The van der Waals surface area contributed by atoms with Crippen LogP contribution in [0.15, 0.2) is 35.8 Å². The smallest absolute Gasteiger partial charge is 0.233 e. The van der Waals surface area contributed by atoms with Crippen molar-refractivity contribution in [2.24, 2.45) is 0 Å².